The second-order valence-electron chi connectivity index (χ2n) is 4.12. The Morgan fingerprint density at radius 2 is 1.79 bits per heavy atom. The molecule has 19 heavy (non-hydrogen) atoms. The summed E-state index contributed by atoms with van der Waals surface area (Å²) in [7, 11) is -5.82. The molecule has 1 aromatic rings. The van der Waals surface area contributed by atoms with Crippen LogP contribution in [0.25, 0.3) is 0 Å². The Morgan fingerprint density at radius 3 is 2.32 bits per heavy atom. The Morgan fingerprint density at radius 1 is 1.21 bits per heavy atom. The lowest BCUT2D eigenvalue weighted by Gasteiger charge is -2.21. The van der Waals surface area contributed by atoms with E-state index in [1.165, 1.54) is 25.2 Å². The van der Waals surface area contributed by atoms with Gasteiger partial charge in [0.15, 0.2) is 0 Å². The van der Waals surface area contributed by atoms with Crippen molar-refractivity contribution in [2.24, 2.45) is 0 Å². The van der Waals surface area contributed by atoms with Gasteiger partial charge >= 0.3 is 0 Å². The van der Waals surface area contributed by atoms with E-state index < -0.39 is 31.4 Å². The minimum atomic E-state index is -3.77. The molecule has 0 bridgehead atoms. The van der Waals surface area contributed by atoms with Gasteiger partial charge in [-0.25, -0.2) is 16.8 Å². The molecule has 2 N–H and O–H groups in total. The van der Waals surface area contributed by atoms with Gasteiger partial charge in [0, 0.05) is 18.3 Å². The molecule has 0 saturated heterocycles. The number of nitrogen functional groups attached to an aromatic ring is 1. The highest BCUT2D eigenvalue weighted by atomic mass is 35.5. The van der Waals surface area contributed by atoms with Crippen molar-refractivity contribution in [1.82, 2.24) is 0 Å². The van der Waals surface area contributed by atoms with Crippen molar-refractivity contribution in [1.29, 1.82) is 0 Å². The van der Waals surface area contributed by atoms with Crippen molar-refractivity contribution < 1.29 is 16.8 Å². The Hall–Kier alpha value is -0.990. The van der Waals surface area contributed by atoms with E-state index >= 15 is 0 Å². The van der Waals surface area contributed by atoms with E-state index in [-0.39, 0.29) is 11.4 Å². The van der Waals surface area contributed by atoms with Gasteiger partial charge in [0.2, 0.25) is 10.0 Å². The van der Waals surface area contributed by atoms with Gasteiger partial charge in [-0.15, -0.1) is 0 Å². The summed E-state index contributed by atoms with van der Waals surface area (Å²) in [6.45, 7) is 0. The number of sulfonamides is 1. The van der Waals surface area contributed by atoms with Crippen LogP contribution in [0.2, 0.25) is 5.02 Å². The fourth-order valence-electron chi connectivity index (χ4n) is 1.33. The lowest BCUT2D eigenvalue weighted by atomic mass is 10.3. The zero-order chi connectivity index (χ0) is 14.8. The first-order chi connectivity index (χ1) is 8.53. The Balaban J connectivity index is 3.04. The third kappa shape index (κ3) is 4.55. The third-order valence-corrected chi connectivity index (χ3v) is 5.65. The summed E-state index contributed by atoms with van der Waals surface area (Å²) in [5.41, 5.74) is 6.15. The van der Waals surface area contributed by atoms with Crippen LogP contribution < -0.4 is 10.0 Å². The first kappa shape index (κ1) is 16.1. The van der Waals surface area contributed by atoms with Crippen LogP contribution in [-0.4, -0.2) is 41.6 Å². The molecule has 6 nitrogen and oxygen atoms in total. The van der Waals surface area contributed by atoms with Gasteiger partial charge in [-0.2, -0.15) is 0 Å². The highest BCUT2D eigenvalue weighted by Crippen LogP contribution is 2.27. The molecular weight excluding hydrogens is 312 g/mol. The number of halogens is 1. The number of hydrogen-bond acceptors (Lipinski definition) is 5. The molecule has 1 aromatic carbocycles. The van der Waals surface area contributed by atoms with Crippen molar-refractivity contribution in [2.45, 2.75) is 0 Å². The van der Waals surface area contributed by atoms with Crippen LogP contribution in [0.3, 0.4) is 0 Å². The summed E-state index contributed by atoms with van der Waals surface area (Å²) < 4.78 is 47.0. The maximum absolute atomic E-state index is 12.0. The molecule has 0 saturated carbocycles. The maximum atomic E-state index is 12.0. The smallest absolute Gasteiger partial charge is 0.235 e. The molecule has 0 radical (unpaired) electrons. The number of benzene rings is 1. The van der Waals surface area contributed by atoms with Gasteiger partial charge in [0.05, 0.1) is 22.9 Å². The second-order valence-corrected chi connectivity index (χ2v) is 8.93. The topological polar surface area (TPSA) is 97.5 Å². The van der Waals surface area contributed by atoms with Crippen LogP contribution in [0.1, 0.15) is 0 Å². The van der Waals surface area contributed by atoms with Gasteiger partial charge in [-0.05, 0) is 18.2 Å². The lowest BCUT2D eigenvalue weighted by Crippen LogP contribution is -2.32. The first-order valence-electron chi connectivity index (χ1n) is 5.22. The van der Waals surface area contributed by atoms with Crippen molar-refractivity contribution in [3.8, 4) is 0 Å². The molecule has 0 fully saturated rings. The summed E-state index contributed by atoms with van der Waals surface area (Å²) >= 11 is 5.79. The molecule has 0 heterocycles. The van der Waals surface area contributed by atoms with Crippen LogP contribution in [0, 0.1) is 0 Å². The summed E-state index contributed by atoms with van der Waals surface area (Å²) in [6, 6.07) is 4.44. The van der Waals surface area contributed by atoms with Crippen molar-refractivity contribution in [3.63, 3.8) is 0 Å². The minimum Gasteiger partial charge on any atom is -0.397 e. The molecule has 0 aliphatic heterocycles. The zero-order valence-electron chi connectivity index (χ0n) is 10.5. The summed E-state index contributed by atoms with van der Waals surface area (Å²) in [5.74, 6) is -0.950. The normalized spacial score (nSPS) is 12.4. The molecule has 0 spiro atoms. The van der Waals surface area contributed by atoms with E-state index in [1.54, 1.807) is 0 Å². The van der Waals surface area contributed by atoms with Gasteiger partial charge in [0.1, 0.15) is 9.84 Å². The summed E-state index contributed by atoms with van der Waals surface area (Å²) in [6.07, 6.45) is 0.982. The van der Waals surface area contributed by atoms with Crippen LogP contribution in [0.5, 0.6) is 0 Å². The number of hydrogen-bond donors (Lipinski definition) is 1. The number of anilines is 2. The molecule has 0 amide bonds. The van der Waals surface area contributed by atoms with Gasteiger partial charge in [-0.3, -0.25) is 4.31 Å². The van der Waals surface area contributed by atoms with Crippen LogP contribution in [0.4, 0.5) is 11.4 Å². The molecule has 9 heteroatoms. The van der Waals surface area contributed by atoms with Gasteiger partial charge in [0.25, 0.3) is 0 Å². The van der Waals surface area contributed by atoms with Crippen molar-refractivity contribution in [3.05, 3.63) is 23.2 Å². The monoisotopic (exact) mass is 326 g/mol. The number of nitrogens with two attached hydrogens (primary N) is 1. The Labute approximate surface area is 118 Å². The predicted molar refractivity (Wildman–Crippen MR) is 77.8 cm³/mol. The molecular formula is C10H15ClN2O4S2. The number of sulfone groups is 1. The predicted octanol–water partition coefficient (Wildman–Crippen LogP) is 0.733. The van der Waals surface area contributed by atoms with Crippen LogP contribution in [-0.2, 0) is 19.9 Å². The summed E-state index contributed by atoms with van der Waals surface area (Å²) in [4.78, 5) is 0. The maximum Gasteiger partial charge on any atom is 0.235 e. The summed E-state index contributed by atoms with van der Waals surface area (Å²) in [5, 5.41) is 0.342. The molecule has 0 aromatic heterocycles. The molecule has 0 atom stereocenters. The Bertz CT molecular complexity index is 671. The highest BCUT2D eigenvalue weighted by Gasteiger charge is 2.22. The minimum absolute atomic E-state index is 0.223. The molecule has 1 rings (SSSR count). The SMILES string of the molecule is CN(c1cc(Cl)ccc1N)S(=O)(=O)CCS(C)(=O)=O. The van der Waals surface area contributed by atoms with Crippen molar-refractivity contribution in [2.75, 3.05) is 34.8 Å². The first-order valence-corrected chi connectivity index (χ1v) is 9.27. The Kier molecular flexibility index (Phi) is 4.70. The quantitative estimate of drug-likeness (QED) is 0.804. The lowest BCUT2D eigenvalue weighted by molar-refractivity contribution is 0.589. The van der Waals surface area contributed by atoms with E-state index in [9.17, 15) is 16.8 Å². The van der Waals surface area contributed by atoms with Crippen molar-refractivity contribution >= 4 is 42.8 Å². The number of rotatable bonds is 5. The second kappa shape index (κ2) is 5.56. The highest BCUT2D eigenvalue weighted by molar-refractivity contribution is 7.95. The third-order valence-electron chi connectivity index (χ3n) is 2.46. The van der Waals surface area contributed by atoms with E-state index in [2.05, 4.69) is 0 Å². The van der Waals surface area contributed by atoms with Crippen LogP contribution >= 0.6 is 11.6 Å². The fourth-order valence-corrected chi connectivity index (χ4v) is 4.28. The molecule has 108 valence electrons. The fraction of sp³-hybridized carbons (Fsp3) is 0.400. The average molecular weight is 327 g/mol. The van der Waals surface area contributed by atoms with Crippen LogP contribution in [0.15, 0.2) is 18.2 Å². The largest absolute Gasteiger partial charge is 0.397 e. The standard InChI is InChI=1S/C10H15ClN2O4S2/c1-13(10-7-8(11)3-4-9(10)12)19(16,17)6-5-18(2,14)15/h3-4,7H,5-6,12H2,1-2H3. The van der Waals surface area contributed by atoms with E-state index in [0.717, 1.165) is 10.6 Å². The number of nitrogens with zero attached hydrogens (tertiary/aromatic N) is 1. The van der Waals surface area contributed by atoms with E-state index in [0.29, 0.717) is 5.02 Å². The van der Waals surface area contributed by atoms with E-state index in [1.807, 2.05) is 0 Å². The molecule has 0 unspecified atom stereocenters. The molecule has 0 aliphatic carbocycles. The van der Waals surface area contributed by atoms with E-state index in [4.69, 9.17) is 17.3 Å². The zero-order valence-corrected chi connectivity index (χ0v) is 12.9. The van der Waals surface area contributed by atoms with Gasteiger partial charge < -0.3 is 5.73 Å². The molecule has 0 aliphatic rings. The average Bonchev–Trinajstić information content (AvgIpc) is 2.28. The van der Waals surface area contributed by atoms with Gasteiger partial charge in [-0.1, -0.05) is 11.6 Å².